The van der Waals surface area contributed by atoms with Crippen molar-refractivity contribution in [1.29, 1.82) is 0 Å². The summed E-state index contributed by atoms with van der Waals surface area (Å²) in [5.41, 5.74) is 0.411. The normalized spacial score (nSPS) is 10.9. The van der Waals surface area contributed by atoms with Crippen molar-refractivity contribution in [3.8, 4) is 5.82 Å². The number of nitrogens with one attached hydrogen (secondary N) is 1. The van der Waals surface area contributed by atoms with Crippen LogP contribution in [0.1, 0.15) is 15.9 Å². The smallest absolute Gasteiger partial charge is 0.271 e. The number of carbonyl (C=O) groups is 1. The Hall–Kier alpha value is -3.40. The van der Waals surface area contributed by atoms with Crippen molar-refractivity contribution in [2.45, 2.75) is 6.54 Å². The van der Waals surface area contributed by atoms with Crippen molar-refractivity contribution < 1.29 is 4.79 Å². The lowest BCUT2D eigenvalue weighted by atomic mass is 10.2. The fourth-order valence-corrected chi connectivity index (χ4v) is 2.92. The van der Waals surface area contributed by atoms with Gasteiger partial charge in [-0.05, 0) is 11.6 Å². The number of aromatic nitrogens is 6. The maximum atomic E-state index is 12.3. The van der Waals surface area contributed by atoms with Crippen LogP contribution >= 0.6 is 11.3 Å². The van der Waals surface area contributed by atoms with Crippen molar-refractivity contribution in [2.24, 2.45) is 0 Å². The number of pyridine rings is 1. The molecule has 124 valence electrons. The van der Waals surface area contributed by atoms with Gasteiger partial charge < -0.3 is 5.32 Å². The van der Waals surface area contributed by atoms with E-state index in [0.29, 0.717) is 10.8 Å². The van der Waals surface area contributed by atoms with Gasteiger partial charge in [0.2, 0.25) is 0 Å². The quantitative estimate of drug-likeness (QED) is 0.578. The SMILES string of the molecule is O=C(NCc1ccc(-n2cncn2)nc1)c1cnc2sccn2c1=O. The molecule has 4 heterocycles. The maximum absolute atomic E-state index is 12.3. The van der Waals surface area contributed by atoms with Crippen LogP contribution in [0.15, 0.2) is 53.6 Å². The van der Waals surface area contributed by atoms with E-state index in [1.807, 2.05) is 6.07 Å². The Kier molecular flexibility index (Phi) is 3.78. The predicted octanol–water partition coefficient (Wildman–Crippen LogP) is 0.662. The Morgan fingerprint density at radius 2 is 2.16 bits per heavy atom. The molecule has 0 aliphatic carbocycles. The molecule has 0 unspecified atom stereocenters. The fraction of sp³-hybridized carbons (Fsp3) is 0.0667. The predicted molar refractivity (Wildman–Crippen MR) is 89.7 cm³/mol. The van der Waals surface area contributed by atoms with Gasteiger partial charge >= 0.3 is 0 Å². The van der Waals surface area contributed by atoms with Gasteiger partial charge in [-0.2, -0.15) is 5.10 Å². The van der Waals surface area contributed by atoms with Crippen LogP contribution in [0, 0.1) is 0 Å². The molecule has 9 nitrogen and oxygen atoms in total. The number of hydrogen-bond acceptors (Lipinski definition) is 7. The van der Waals surface area contributed by atoms with Crippen LogP contribution in [-0.4, -0.2) is 35.0 Å². The Labute approximate surface area is 144 Å². The van der Waals surface area contributed by atoms with E-state index in [0.717, 1.165) is 5.56 Å². The van der Waals surface area contributed by atoms with E-state index in [1.54, 1.807) is 30.2 Å². The molecule has 0 aliphatic rings. The summed E-state index contributed by atoms with van der Waals surface area (Å²) in [6.07, 6.45) is 7.50. The largest absolute Gasteiger partial charge is 0.348 e. The number of hydrogen-bond donors (Lipinski definition) is 1. The van der Waals surface area contributed by atoms with Crippen LogP contribution in [0.5, 0.6) is 0 Å². The number of nitrogens with zero attached hydrogens (tertiary/aromatic N) is 6. The zero-order chi connectivity index (χ0) is 17.2. The van der Waals surface area contributed by atoms with Gasteiger partial charge in [0.1, 0.15) is 18.2 Å². The molecule has 4 rings (SSSR count). The number of fused-ring (bicyclic) bond motifs is 1. The van der Waals surface area contributed by atoms with Crippen LogP contribution in [-0.2, 0) is 6.54 Å². The topological polar surface area (TPSA) is 107 Å². The second-order valence-corrected chi connectivity index (χ2v) is 5.95. The van der Waals surface area contributed by atoms with Crippen molar-refractivity contribution in [3.63, 3.8) is 0 Å². The molecular formula is C15H11N7O2S. The number of rotatable bonds is 4. The molecule has 0 radical (unpaired) electrons. The van der Waals surface area contributed by atoms with Gasteiger partial charge in [0.25, 0.3) is 11.5 Å². The van der Waals surface area contributed by atoms with Crippen LogP contribution < -0.4 is 10.9 Å². The zero-order valence-electron chi connectivity index (χ0n) is 12.7. The van der Waals surface area contributed by atoms with Gasteiger partial charge in [-0.3, -0.25) is 14.0 Å². The highest BCUT2D eigenvalue weighted by Gasteiger charge is 2.13. The van der Waals surface area contributed by atoms with Crippen LogP contribution in [0.3, 0.4) is 0 Å². The number of amides is 1. The molecule has 0 atom stereocenters. The van der Waals surface area contributed by atoms with Gasteiger partial charge in [-0.1, -0.05) is 6.07 Å². The van der Waals surface area contributed by atoms with E-state index in [4.69, 9.17) is 0 Å². The minimum atomic E-state index is -0.474. The van der Waals surface area contributed by atoms with Crippen LogP contribution in [0.25, 0.3) is 10.8 Å². The molecule has 0 bridgehead atoms. The third-order valence-electron chi connectivity index (χ3n) is 3.50. The molecule has 0 fully saturated rings. The lowest BCUT2D eigenvalue weighted by molar-refractivity contribution is 0.0949. The first-order valence-electron chi connectivity index (χ1n) is 7.25. The summed E-state index contributed by atoms with van der Waals surface area (Å²) in [5.74, 6) is 0.149. The van der Waals surface area contributed by atoms with Crippen molar-refractivity contribution in [2.75, 3.05) is 0 Å². The molecule has 0 saturated heterocycles. The number of carbonyl (C=O) groups excluding carboxylic acids is 1. The first-order valence-corrected chi connectivity index (χ1v) is 8.13. The summed E-state index contributed by atoms with van der Waals surface area (Å²) < 4.78 is 2.89. The van der Waals surface area contributed by atoms with E-state index in [-0.39, 0.29) is 17.7 Å². The summed E-state index contributed by atoms with van der Waals surface area (Å²) in [5, 5.41) is 8.44. The van der Waals surface area contributed by atoms with E-state index in [1.165, 1.54) is 32.9 Å². The van der Waals surface area contributed by atoms with Crippen molar-refractivity contribution in [3.05, 3.63) is 70.2 Å². The summed E-state index contributed by atoms with van der Waals surface area (Å²) in [7, 11) is 0. The summed E-state index contributed by atoms with van der Waals surface area (Å²) >= 11 is 1.33. The average Bonchev–Trinajstić information content (AvgIpc) is 3.32. The second kappa shape index (κ2) is 6.24. The van der Waals surface area contributed by atoms with E-state index in [2.05, 4.69) is 25.4 Å². The second-order valence-electron chi connectivity index (χ2n) is 5.08. The Balaban J connectivity index is 1.48. The Bertz CT molecular complexity index is 1080. The van der Waals surface area contributed by atoms with Crippen molar-refractivity contribution in [1.82, 2.24) is 34.4 Å². The summed E-state index contributed by atoms with van der Waals surface area (Å²) in [6, 6.07) is 3.58. The first kappa shape index (κ1) is 15.1. The fourth-order valence-electron chi connectivity index (χ4n) is 2.24. The van der Waals surface area contributed by atoms with Crippen LogP contribution in [0.2, 0.25) is 0 Å². The third-order valence-corrected chi connectivity index (χ3v) is 4.27. The van der Waals surface area contributed by atoms with Gasteiger partial charge in [-0.15, -0.1) is 11.3 Å². The highest BCUT2D eigenvalue weighted by Crippen LogP contribution is 2.06. The van der Waals surface area contributed by atoms with Gasteiger partial charge in [0.15, 0.2) is 10.8 Å². The first-order chi connectivity index (χ1) is 12.2. The summed E-state index contributed by atoms with van der Waals surface area (Å²) in [4.78, 5) is 37.3. The maximum Gasteiger partial charge on any atom is 0.271 e. The highest BCUT2D eigenvalue weighted by molar-refractivity contribution is 7.15. The minimum Gasteiger partial charge on any atom is -0.348 e. The molecule has 1 N–H and O–H groups in total. The van der Waals surface area contributed by atoms with Crippen LogP contribution in [0.4, 0.5) is 0 Å². The minimum absolute atomic E-state index is 0.00287. The number of thiazole rings is 1. The molecule has 1 amide bonds. The molecule has 10 heteroatoms. The zero-order valence-corrected chi connectivity index (χ0v) is 13.6. The van der Waals surface area contributed by atoms with Gasteiger partial charge in [0.05, 0.1) is 0 Å². The van der Waals surface area contributed by atoms with Gasteiger partial charge in [-0.25, -0.2) is 19.6 Å². The van der Waals surface area contributed by atoms with E-state index < -0.39 is 5.91 Å². The monoisotopic (exact) mass is 353 g/mol. The summed E-state index contributed by atoms with van der Waals surface area (Å²) in [6.45, 7) is 0.245. The average molecular weight is 353 g/mol. The highest BCUT2D eigenvalue weighted by atomic mass is 32.1. The molecule has 0 saturated carbocycles. The standard InChI is InChI=1S/C15H11N7O2S/c23-13(11-7-19-15-21(14(11)24)3-4-25-15)18-6-10-1-2-12(17-5-10)22-9-16-8-20-22/h1-5,7-9H,6H2,(H,18,23). The molecule has 4 aromatic rings. The Morgan fingerprint density at radius 3 is 2.92 bits per heavy atom. The van der Waals surface area contributed by atoms with E-state index >= 15 is 0 Å². The molecule has 0 spiro atoms. The molecule has 25 heavy (non-hydrogen) atoms. The lowest BCUT2D eigenvalue weighted by Crippen LogP contribution is -2.30. The van der Waals surface area contributed by atoms with Gasteiger partial charge in [0, 0.05) is 30.5 Å². The lowest BCUT2D eigenvalue weighted by Gasteiger charge is -2.06. The Morgan fingerprint density at radius 1 is 1.24 bits per heavy atom. The van der Waals surface area contributed by atoms with Crippen molar-refractivity contribution >= 4 is 22.2 Å². The van der Waals surface area contributed by atoms with E-state index in [9.17, 15) is 9.59 Å². The molecule has 4 aromatic heterocycles. The molecule has 0 aromatic carbocycles. The molecular weight excluding hydrogens is 342 g/mol. The molecule has 0 aliphatic heterocycles. The third kappa shape index (κ3) is 2.90.